The second-order valence-electron chi connectivity index (χ2n) is 9.97. The van der Waals surface area contributed by atoms with E-state index in [2.05, 4.69) is 26.1 Å². The molecule has 1 heterocycles. The normalized spacial score (nSPS) is 23.3. The van der Waals surface area contributed by atoms with Crippen molar-refractivity contribution in [2.45, 2.75) is 58.5 Å². The highest BCUT2D eigenvalue weighted by Crippen LogP contribution is 2.43. The van der Waals surface area contributed by atoms with Gasteiger partial charge in [0, 0.05) is 25.2 Å². The van der Waals surface area contributed by atoms with Gasteiger partial charge in [-0.05, 0) is 49.1 Å². The number of hydrogen-bond acceptors (Lipinski definition) is 5. The van der Waals surface area contributed by atoms with Gasteiger partial charge in [0.2, 0.25) is 5.91 Å². The lowest BCUT2D eigenvalue weighted by Crippen LogP contribution is -2.51. The number of hydrogen-bond donors (Lipinski definition) is 1. The number of methoxy groups -OCH3 is 2. The molecule has 176 valence electrons. The van der Waals surface area contributed by atoms with Crippen LogP contribution in [0.2, 0.25) is 0 Å². The Kier molecular flexibility index (Phi) is 6.72. The molecule has 1 aromatic rings. The van der Waals surface area contributed by atoms with Crippen molar-refractivity contribution in [2.75, 3.05) is 27.8 Å². The summed E-state index contributed by atoms with van der Waals surface area (Å²) < 4.78 is 10.6. The highest BCUT2D eigenvalue weighted by molar-refractivity contribution is 6.09. The summed E-state index contributed by atoms with van der Waals surface area (Å²) in [5.41, 5.74) is 0.115. The number of benzene rings is 1. The van der Waals surface area contributed by atoms with Gasteiger partial charge in [-0.2, -0.15) is 0 Å². The lowest BCUT2D eigenvalue weighted by atomic mass is 9.67. The van der Waals surface area contributed by atoms with Crippen LogP contribution >= 0.6 is 0 Å². The van der Waals surface area contributed by atoms with Crippen LogP contribution < -0.4 is 14.8 Å². The lowest BCUT2D eigenvalue weighted by molar-refractivity contribution is -0.139. The first-order chi connectivity index (χ1) is 15.0. The summed E-state index contributed by atoms with van der Waals surface area (Å²) in [6.45, 7) is 6.65. The van der Waals surface area contributed by atoms with Gasteiger partial charge in [-0.1, -0.05) is 20.8 Å². The molecule has 1 aliphatic heterocycles. The summed E-state index contributed by atoms with van der Waals surface area (Å²) in [7, 11) is 4.78. The van der Waals surface area contributed by atoms with E-state index in [9.17, 15) is 14.4 Å². The Morgan fingerprint density at radius 1 is 1.19 bits per heavy atom. The first-order valence-electron chi connectivity index (χ1n) is 11.1. The molecule has 0 aromatic heterocycles. The molecular weight excluding hydrogens is 410 g/mol. The second kappa shape index (κ2) is 9.00. The van der Waals surface area contributed by atoms with Gasteiger partial charge in [0.1, 0.15) is 23.6 Å². The molecule has 0 radical (unpaired) electrons. The van der Waals surface area contributed by atoms with E-state index in [1.54, 1.807) is 33.4 Å². The van der Waals surface area contributed by atoms with Crippen LogP contribution in [0.5, 0.6) is 11.5 Å². The molecule has 2 fully saturated rings. The minimum atomic E-state index is -0.864. The zero-order chi connectivity index (χ0) is 23.7. The van der Waals surface area contributed by atoms with Gasteiger partial charge in [0.05, 0.1) is 14.2 Å². The third kappa shape index (κ3) is 4.69. The Hall–Kier alpha value is -2.77. The largest absolute Gasteiger partial charge is 0.497 e. The lowest BCUT2D eigenvalue weighted by Gasteiger charge is -2.40. The quantitative estimate of drug-likeness (QED) is 0.680. The van der Waals surface area contributed by atoms with Gasteiger partial charge in [-0.25, -0.2) is 4.79 Å². The second-order valence-corrected chi connectivity index (χ2v) is 9.97. The fourth-order valence-corrected chi connectivity index (χ4v) is 4.72. The maximum absolute atomic E-state index is 13.2. The van der Waals surface area contributed by atoms with Crippen molar-refractivity contribution in [1.29, 1.82) is 0 Å². The maximum atomic E-state index is 13.2. The molecular formula is C24H35N3O5. The van der Waals surface area contributed by atoms with E-state index < -0.39 is 11.6 Å². The zero-order valence-corrected chi connectivity index (χ0v) is 20.0. The van der Waals surface area contributed by atoms with Crippen molar-refractivity contribution in [2.24, 2.45) is 11.3 Å². The zero-order valence-electron chi connectivity index (χ0n) is 20.0. The highest BCUT2D eigenvalue weighted by atomic mass is 16.5. The third-order valence-corrected chi connectivity index (χ3v) is 6.93. The van der Waals surface area contributed by atoms with Gasteiger partial charge >= 0.3 is 6.03 Å². The minimum Gasteiger partial charge on any atom is -0.497 e. The van der Waals surface area contributed by atoms with E-state index in [-0.39, 0.29) is 30.3 Å². The molecule has 1 saturated heterocycles. The smallest absolute Gasteiger partial charge is 0.325 e. The van der Waals surface area contributed by atoms with Crippen molar-refractivity contribution in [1.82, 2.24) is 15.1 Å². The van der Waals surface area contributed by atoms with Crippen LogP contribution in [0.3, 0.4) is 0 Å². The van der Waals surface area contributed by atoms with Crippen LogP contribution in [0.25, 0.3) is 0 Å². The number of imide groups is 1. The predicted molar refractivity (Wildman–Crippen MR) is 120 cm³/mol. The number of amides is 4. The van der Waals surface area contributed by atoms with E-state index in [0.717, 1.165) is 23.3 Å². The highest BCUT2D eigenvalue weighted by Gasteiger charge is 2.53. The van der Waals surface area contributed by atoms with Gasteiger partial charge in [-0.3, -0.25) is 14.5 Å². The summed E-state index contributed by atoms with van der Waals surface area (Å²) in [5, 5.41) is 2.90. The summed E-state index contributed by atoms with van der Waals surface area (Å²) in [5.74, 6) is 1.18. The van der Waals surface area contributed by atoms with E-state index in [1.165, 1.54) is 4.90 Å². The first-order valence-corrected chi connectivity index (χ1v) is 11.1. The van der Waals surface area contributed by atoms with Crippen molar-refractivity contribution in [3.63, 3.8) is 0 Å². The standard InChI is InChI=1S/C24H35N3O5/c1-23(2,3)17-9-11-24(12-10-17)21(29)27(22(30)25-24)15-20(28)26(4)14-16-7-8-18(31-5)13-19(16)32-6/h7-8,13,17H,9-12,14-15H2,1-6H3,(H,25,30). The number of carbonyl (C=O) groups is 3. The SMILES string of the molecule is COc1ccc(CN(C)C(=O)CN2C(=O)NC3(CCC(C(C)(C)C)CC3)C2=O)c(OC)c1. The third-order valence-electron chi connectivity index (χ3n) is 6.93. The number of nitrogens with zero attached hydrogens (tertiary/aromatic N) is 2. The first kappa shape index (κ1) is 23.9. The van der Waals surface area contributed by atoms with Gasteiger partial charge in [0.25, 0.3) is 5.91 Å². The maximum Gasteiger partial charge on any atom is 0.325 e. The number of likely N-dealkylation sites (N-methyl/N-ethyl adjacent to an activating group) is 1. The molecule has 1 saturated carbocycles. The van der Waals surface area contributed by atoms with E-state index >= 15 is 0 Å². The average molecular weight is 446 g/mol. The van der Waals surface area contributed by atoms with Crippen molar-refractivity contribution in [3.05, 3.63) is 23.8 Å². The minimum absolute atomic E-state index is 0.175. The monoisotopic (exact) mass is 445 g/mol. The van der Waals surface area contributed by atoms with Crippen LogP contribution in [-0.4, -0.2) is 61.0 Å². The molecule has 0 atom stereocenters. The van der Waals surface area contributed by atoms with E-state index in [1.807, 2.05) is 6.07 Å². The van der Waals surface area contributed by atoms with Crippen molar-refractivity contribution >= 4 is 17.8 Å². The molecule has 0 unspecified atom stereocenters. The van der Waals surface area contributed by atoms with Crippen LogP contribution in [0, 0.1) is 11.3 Å². The molecule has 2 aliphatic rings. The van der Waals surface area contributed by atoms with Gasteiger partial charge in [0.15, 0.2) is 0 Å². The number of rotatable bonds is 6. The van der Waals surface area contributed by atoms with Crippen LogP contribution in [0.1, 0.15) is 52.0 Å². The van der Waals surface area contributed by atoms with Crippen LogP contribution in [0.4, 0.5) is 4.79 Å². The Labute approximate surface area is 190 Å². The molecule has 4 amide bonds. The molecule has 32 heavy (non-hydrogen) atoms. The number of ether oxygens (including phenoxy) is 2. The molecule has 0 bridgehead atoms. The van der Waals surface area contributed by atoms with Crippen molar-refractivity contribution in [3.8, 4) is 11.5 Å². The molecule has 1 spiro atoms. The van der Waals surface area contributed by atoms with Gasteiger partial charge in [-0.15, -0.1) is 0 Å². The van der Waals surface area contributed by atoms with Crippen LogP contribution in [0.15, 0.2) is 18.2 Å². The molecule has 8 heteroatoms. The fourth-order valence-electron chi connectivity index (χ4n) is 4.72. The molecule has 1 aromatic carbocycles. The van der Waals surface area contributed by atoms with E-state index in [4.69, 9.17) is 9.47 Å². The number of carbonyl (C=O) groups excluding carboxylic acids is 3. The Balaban J connectivity index is 1.64. The summed E-state index contributed by atoms with van der Waals surface area (Å²) in [6.07, 6.45) is 3.00. The topological polar surface area (TPSA) is 88.2 Å². The van der Waals surface area contributed by atoms with Crippen molar-refractivity contribution < 1.29 is 23.9 Å². The summed E-state index contributed by atoms with van der Waals surface area (Å²) in [6, 6.07) is 4.90. The van der Waals surface area contributed by atoms with Crippen LogP contribution in [-0.2, 0) is 16.1 Å². The van der Waals surface area contributed by atoms with Gasteiger partial charge < -0.3 is 19.7 Å². The Bertz CT molecular complexity index is 884. The number of nitrogens with one attached hydrogen (secondary N) is 1. The predicted octanol–water partition coefficient (Wildman–Crippen LogP) is 3.19. The summed E-state index contributed by atoms with van der Waals surface area (Å²) in [4.78, 5) is 41.2. The fraction of sp³-hybridized carbons (Fsp3) is 0.625. The number of urea groups is 1. The molecule has 3 rings (SSSR count). The summed E-state index contributed by atoms with van der Waals surface area (Å²) >= 11 is 0. The molecule has 8 nitrogen and oxygen atoms in total. The Morgan fingerprint density at radius 2 is 1.84 bits per heavy atom. The molecule has 1 N–H and O–H groups in total. The average Bonchev–Trinajstić information content (AvgIpc) is 2.97. The molecule has 1 aliphatic carbocycles. The Morgan fingerprint density at radius 3 is 2.41 bits per heavy atom. The van der Waals surface area contributed by atoms with E-state index in [0.29, 0.717) is 30.3 Å².